The second-order valence-electron chi connectivity index (χ2n) is 3.75. The van der Waals surface area contributed by atoms with Gasteiger partial charge in [0.2, 0.25) is 5.91 Å². The van der Waals surface area contributed by atoms with E-state index in [4.69, 9.17) is 16.7 Å². The Morgan fingerprint density at radius 1 is 1.35 bits per heavy atom. The van der Waals surface area contributed by atoms with Crippen molar-refractivity contribution in [3.8, 4) is 12.1 Å². The molecule has 0 fully saturated rings. The number of aromatic nitrogens is 1. The van der Waals surface area contributed by atoms with Crippen molar-refractivity contribution < 1.29 is 4.79 Å². The monoisotopic (exact) mass is 307 g/mol. The number of rotatable bonds is 6. The molecule has 1 heterocycles. The molecule has 0 unspecified atom stereocenters. The van der Waals surface area contributed by atoms with E-state index in [0.29, 0.717) is 22.6 Å². The standard InChI is InChI=1S/C12H13N5OS2/c1-19-3-2-7-8(4-13)11(16)17-12(9(7)5-14)20-6-10(15)18/h2-3,6H2,1H3,(H2,15,18)(H2,16,17). The van der Waals surface area contributed by atoms with Gasteiger partial charge in [-0.1, -0.05) is 11.8 Å². The van der Waals surface area contributed by atoms with E-state index in [9.17, 15) is 10.1 Å². The van der Waals surface area contributed by atoms with Crippen molar-refractivity contribution in [2.45, 2.75) is 11.4 Å². The summed E-state index contributed by atoms with van der Waals surface area (Å²) in [6.07, 6.45) is 2.48. The third-order valence-corrected chi connectivity index (χ3v) is 4.04. The van der Waals surface area contributed by atoms with Gasteiger partial charge in [0.05, 0.1) is 16.9 Å². The number of carbonyl (C=O) groups is 1. The molecule has 0 bridgehead atoms. The van der Waals surface area contributed by atoms with Crippen LogP contribution in [0.25, 0.3) is 0 Å². The fourth-order valence-corrected chi connectivity index (χ4v) is 2.73. The quantitative estimate of drug-likeness (QED) is 0.746. The minimum Gasteiger partial charge on any atom is -0.383 e. The Labute approximate surface area is 125 Å². The molecule has 1 aromatic rings. The Hall–Kier alpha value is -1.90. The summed E-state index contributed by atoms with van der Waals surface area (Å²) in [7, 11) is 0. The van der Waals surface area contributed by atoms with Crippen molar-refractivity contribution in [3.63, 3.8) is 0 Å². The van der Waals surface area contributed by atoms with Crippen molar-refractivity contribution in [1.82, 2.24) is 4.98 Å². The van der Waals surface area contributed by atoms with E-state index >= 15 is 0 Å². The molecule has 0 aliphatic rings. The molecule has 0 aromatic carbocycles. The second-order valence-corrected chi connectivity index (χ2v) is 5.70. The Bertz CT molecular complexity index is 603. The number of anilines is 1. The minimum absolute atomic E-state index is 0.00892. The maximum absolute atomic E-state index is 10.8. The van der Waals surface area contributed by atoms with Gasteiger partial charge in [-0.25, -0.2) is 4.98 Å². The fraction of sp³-hybridized carbons (Fsp3) is 0.333. The van der Waals surface area contributed by atoms with Crippen LogP contribution >= 0.6 is 23.5 Å². The van der Waals surface area contributed by atoms with Crippen LogP contribution < -0.4 is 11.5 Å². The van der Waals surface area contributed by atoms with Gasteiger partial charge in [-0.2, -0.15) is 22.3 Å². The van der Waals surface area contributed by atoms with E-state index < -0.39 is 5.91 Å². The molecule has 1 aromatic heterocycles. The first-order valence-electron chi connectivity index (χ1n) is 5.57. The summed E-state index contributed by atoms with van der Waals surface area (Å²) in [5.41, 5.74) is 12.0. The Morgan fingerprint density at radius 2 is 2.00 bits per heavy atom. The van der Waals surface area contributed by atoms with Crippen LogP contribution in [-0.4, -0.2) is 28.7 Å². The van der Waals surface area contributed by atoms with Gasteiger partial charge < -0.3 is 11.5 Å². The lowest BCUT2D eigenvalue weighted by atomic mass is 10.0. The summed E-state index contributed by atoms with van der Waals surface area (Å²) in [5.74, 6) is 0.339. The largest absolute Gasteiger partial charge is 0.383 e. The molecule has 0 spiro atoms. The van der Waals surface area contributed by atoms with Gasteiger partial charge in [-0.05, 0) is 24.0 Å². The number of nitrogens with zero attached hydrogens (tertiary/aromatic N) is 3. The number of nitrogens with two attached hydrogens (primary N) is 2. The fourth-order valence-electron chi connectivity index (χ4n) is 1.57. The summed E-state index contributed by atoms with van der Waals surface area (Å²) >= 11 is 2.66. The van der Waals surface area contributed by atoms with Crippen LogP contribution in [-0.2, 0) is 11.2 Å². The topological polar surface area (TPSA) is 130 Å². The summed E-state index contributed by atoms with van der Waals surface area (Å²) in [6.45, 7) is 0. The number of hydrogen-bond acceptors (Lipinski definition) is 7. The molecule has 6 nitrogen and oxygen atoms in total. The van der Waals surface area contributed by atoms with Crippen LogP contribution in [0.3, 0.4) is 0 Å². The van der Waals surface area contributed by atoms with Crippen molar-refractivity contribution >= 4 is 35.2 Å². The Kier molecular flexibility index (Phi) is 6.16. The van der Waals surface area contributed by atoms with Crippen molar-refractivity contribution in [2.24, 2.45) is 5.73 Å². The number of hydrogen-bond donors (Lipinski definition) is 2. The Morgan fingerprint density at radius 3 is 2.50 bits per heavy atom. The lowest BCUT2D eigenvalue weighted by molar-refractivity contribution is -0.115. The number of thioether (sulfide) groups is 2. The number of carbonyl (C=O) groups excluding carboxylic acids is 1. The van der Waals surface area contributed by atoms with Gasteiger partial charge in [0.25, 0.3) is 0 Å². The van der Waals surface area contributed by atoms with E-state index in [1.165, 1.54) is 0 Å². The molecule has 0 saturated heterocycles. The predicted octanol–water partition coefficient (Wildman–Crippen LogP) is 0.890. The summed E-state index contributed by atoms with van der Waals surface area (Å²) < 4.78 is 0. The molecule has 0 aliphatic carbocycles. The van der Waals surface area contributed by atoms with Crippen LogP contribution in [0.2, 0.25) is 0 Å². The van der Waals surface area contributed by atoms with E-state index in [2.05, 4.69) is 4.98 Å². The van der Waals surface area contributed by atoms with E-state index in [0.717, 1.165) is 17.5 Å². The van der Waals surface area contributed by atoms with E-state index in [1.807, 2.05) is 18.4 Å². The third-order valence-electron chi connectivity index (χ3n) is 2.43. The molecular formula is C12H13N5OS2. The molecule has 0 saturated carbocycles. The first-order valence-corrected chi connectivity index (χ1v) is 7.95. The highest BCUT2D eigenvalue weighted by Gasteiger charge is 2.18. The van der Waals surface area contributed by atoms with Crippen LogP contribution in [0.4, 0.5) is 5.82 Å². The average molecular weight is 307 g/mol. The van der Waals surface area contributed by atoms with Gasteiger partial charge >= 0.3 is 0 Å². The Balaban J connectivity index is 3.33. The van der Waals surface area contributed by atoms with Gasteiger partial charge in [0, 0.05) is 0 Å². The van der Waals surface area contributed by atoms with E-state index in [-0.39, 0.29) is 17.1 Å². The van der Waals surface area contributed by atoms with Crippen LogP contribution in [0.1, 0.15) is 16.7 Å². The molecule has 104 valence electrons. The van der Waals surface area contributed by atoms with Gasteiger partial charge in [-0.3, -0.25) is 4.79 Å². The highest BCUT2D eigenvalue weighted by molar-refractivity contribution is 8.00. The maximum Gasteiger partial charge on any atom is 0.227 e. The maximum atomic E-state index is 10.8. The van der Waals surface area contributed by atoms with Gasteiger partial charge in [-0.15, -0.1) is 0 Å². The highest BCUT2D eigenvalue weighted by atomic mass is 32.2. The molecule has 0 atom stereocenters. The molecule has 1 amide bonds. The van der Waals surface area contributed by atoms with E-state index in [1.54, 1.807) is 11.8 Å². The second kappa shape index (κ2) is 7.63. The van der Waals surface area contributed by atoms with Crippen LogP contribution in [0, 0.1) is 22.7 Å². The molecule has 0 radical (unpaired) electrons. The van der Waals surface area contributed by atoms with Crippen LogP contribution in [0.15, 0.2) is 5.03 Å². The molecule has 0 aliphatic heterocycles. The lowest BCUT2D eigenvalue weighted by Gasteiger charge is -2.11. The van der Waals surface area contributed by atoms with Crippen molar-refractivity contribution in [3.05, 3.63) is 16.7 Å². The van der Waals surface area contributed by atoms with Crippen molar-refractivity contribution in [1.29, 1.82) is 10.5 Å². The average Bonchev–Trinajstić information content (AvgIpc) is 2.42. The number of primary amides is 1. The van der Waals surface area contributed by atoms with Crippen LogP contribution in [0.5, 0.6) is 0 Å². The summed E-state index contributed by atoms with van der Waals surface area (Å²) in [4.78, 5) is 14.9. The molecule has 4 N–H and O–H groups in total. The molecule has 8 heteroatoms. The number of nitrogen functional groups attached to an aromatic ring is 1. The zero-order chi connectivity index (χ0) is 15.1. The summed E-state index contributed by atoms with van der Waals surface area (Å²) in [6, 6.07) is 4.04. The normalized spacial score (nSPS) is 9.75. The third kappa shape index (κ3) is 3.80. The number of nitriles is 2. The lowest BCUT2D eigenvalue weighted by Crippen LogP contribution is -2.14. The first kappa shape index (κ1) is 16.2. The number of pyridine rings is 1. The smallest absolute Gasteiger partial charge is 0.227 e. The molecule has 20 heavy (non-hydrogen) atoms. The zero-order valence-corrected chi connectivity index (χ0v) is 12.5. The SMILES string of the molecule is CSCCc1c(C#N)c(N)nc(SCC(N)=O)c1C#N. The molecule has 1 rings (SSSR count). The summed E-state index contributed by atoms with van der Waals surface area (Å²) in [5, 5.41) is 18.8. The van der Waals surface area contributed by atoms with Crippen molar-refractivity contribution in [2.75, 3.05) is 23.5 Å². The first-order chi connectivity index (χ1) is 9.54. The highest BCUT2D eigenvalue weighted by Crippen LogP contribution is 2.29. The predicted molar refractivity (Wildman–Crippen MR) is 80.1 cm³/mol. The van der Waals surface area contributed by atoms with Gasteiger partial charge in [0.15, 0.2) is 0 Å². The zero-order valence-electron chi connectivity index (χ0n) is 10.8. The number of amides is 1. The molecular weight excluding hydrogens is 294 g/mol. The van der Waals surface area contributed by atoms with Gasteiger partial charge in [0.1, 0.15) is 23.0 Å². The minimum atomic E-state index is -0.505.